The first-order chi connectivity index (χ1) is 13.2. The number of hydrogen-bond donors (Lipinski definition) is 0. The van der Waals surface area contributed by atoms with Gasteiger partial charge in [0.25, 0.3) is 5.91 Å². The summed E-state index contributed by atoms with van der Waals surface area (Å²) in [5.41, 5.74) is 2.79. The van der Waals surface area contributed by atoms with Gasteiger partial charge in [0, 0.05) is 16.5 Å². The van der Waals surface area contributed by atoms with Crippen molar-refractivity contribution in [2.75, 3.05) is 5.01 Å². The lowest BCUT2D eigenvalue weighted by atomic mass is 9.97. The van der Waals surface area contributed by atoms with Gasteiger partial charge in [-0.15, -0.1) is 0 Å². The van der Waals surface area contributed by atoms with Crippen LogP contribution in [0.25, 0.3) is 0 Å². The van der Waals surface area contributed by atoms with E-state index in [9.17, 15) is 4.79 Å². The zero-order valence-electron chi connectivity index (χ0n) is 14.5. The highest BCUT2D eigenvalue weighted by atomic mass is 79.9. The summed E-state index contributed by atoms with van der Waals surface area (Å²) >= 11 is 3.49. The van der Waals surface area contributed by atoms with Crippen molar-refractivity contribution in [2.45, 2.75) is 18.7 Å². The van der Waals surface area contributed by atoms with E-state index in [4.69, 9.17) is 4.74 Å². The summed E-state index contributed by atoms with van der Waals surface area (Å²) < 4.78 is 7.23. The summed E-state index contributed by atoms with van der Waals surface area (Å²) in [6.45, 7) is 0. The van der Waals surface area contributed by atoms with Crippen LogP contribution in [0, 0.1) is 0 Å². The fourth-order valence-corrected chi connectivity index (χ4v) is 4.19. The van der Waals surface area contributed by atoms with E-state index in [1.54, 1.807) is 5.01 Å². The largest absolute Gasteiger partial charge is 0.469 e. The zero-order valence-corrected chi connectivity index (χ0v) is 16.0. The van der Waals surface area contributed by atoms with Crippen molar-refractivity contribution in [1.82, 2.24) is 5.01 Å². The number of benzene rings is 3. The van der Waals surface area contributed by atoms with Crippen molar-refractivity contribution >= 4 is 27.5 Å². The topological polar surface area (TPSA) is 32.8 Å². The molecule has 2 heterocycles. The fourth-order valence-electron chi connectivity index (χ4n) is 3.93. The van der Waals surface area contributed by atoms with Crippen molar-refractivity contribution in [3.63, 3.8) is 0 Å². The number of ether oxygens (including phenoxy) is 1. The molecule has 0 saturated carbocycles. The standard InChI is InChI=1S/C22H17BrN2O2/c23-15-10-12-16(13-11-15)24-20-14-21(27-17-6-2-1-3-7-17)25(24)22(26)19-9-5-4-8-18(19)20/h1-13,20-21H,14H2/t20?,21-/m1/s1. The van der Waals surface area contributed by atoms with Crippen LogP contribution in [-0.4, -0.2) is 17.1 Å². The van der Waals surface area contributed by atoms with E-state index in [0.29, 0.717) is 6.42 Å². The Balaban J connectivity index is 1.59. The third-order valence-electron chi connectivity index (χ3n) is 5.09. The van der Waals surface area contributed by atoms with Gasteiger partial charge in [0.2, 0.25) is 0 Å². The van der Waals surface area contributed by atoms with Gasteiger partial charge in [-0.05, 0) is 48.0 Å². The molecule has 1 unspecified atom stereocenters. The van der Waals surface area contributed by atoms with Gasteiger partial charge in [-0.1, -0.05) is 52.3 Å². The first kappa shape index (κ1) is 16.4. The molecule has 134 valence electrons. The Morgan fingerprint density at radius 1 is 0.852 bits per heavy atom. The second-order valence-corrected chi connectivity index (χ2v) is 7.61. The molecule has 1 saturated heterocycles. The predicted molar refractivity (Wildman–Crippen MR) is 107 cm³/mol. The highest BCUT2D eigenvalue weighted by molar-refractivity contribution is 9.10. The molecule has 5 rings (SSSR count). The van der Waals surface area contributed by atoms with Crippen LogP contribution in [-0.2, 0) is 0 Å². The molecule has 0 radical (unpaired) electrons. The fraction of sp³-hybridized carbons (Fsp3) is 0.136. The third-order valence-corrected chi connectivity index (χ3v) is 5.62. The first-order valence-electron chi connectivity index (χ1n) is 8.91. The number of nitrogens with zero attached hydrogens (tertiary/aromatic N) is 2. The van der Waals surface area contributed by atoms with Crippen LogP contribution in [0.2, 0.25) is 0 Å². The number of amides is 1. The molecule has 2 aliphatic rings. The van der Waals surface area contributed by atoms with Gasteiger partial charge in [-0.3, -0.25) is 9.80 Å². The molecule has 0 spiro atoms. The quantitative estimate of drug-likeness (QED) is 0.585. The summed E-state index contributed by atoms with van der Waals surface area (Å²) in [5, 5.41) is 3.84. The molecular weight excluding hydrogens is 404 g/mol. The van der Waals surface area contributed by atoms with Crippen molar-refractivity contribution in [1.29, 1.82) is 0 Å². The van der Waals surface area contributed by atoms with Crippen LogP contribution >= 0.6 is 15.9 Å². The first-order valence-corrected chi connectivity index (χ1v) is 9.70. The number of anilines is 1. The molecule has 3 aromatic rings. The normalized spacial score (nSPS) is 20.6. The molecule has 1 amide bonds. The molecule has 2 atom stereocenters. The minimum atomic E-state index is -0.346. The number of halogens is 1. The van der Waals surface area contributed by atoms with Gasteiger partial charge in [0.1, 0.15) is 5.75 Å². The Hall–Kier alpha value is -2.79. The van der Waals surface area contributed by atoms with Gasteiger partial charge >= 0.3 is 0 Å². The lowest BCUT2D eigenvalue weighted by Crippen LogP contribution is -2.50. The summed E-state index contributed by atoms with van der Waals surface area (Å²) in [6.07, 6.45) is 0.370. The van der Waals surface area contributed by atoms with Gasteiger partial charge in [0.05, 0.1) is 11.7 Å². The number of carbonyl (C=O) groups excluding carboxylic acids is 1. The van der Waals surface area contributed by atoms with E-state index < -0.39 is 0 Å². The van der Waals surface area contributed by atoms with Crippen LogP contribution in [0.5, 0.6) is 5.75 Å². The molecule has 0 aliphatic carbocycles. The Bertz CT molecular complexity index is 991. The Labute approximate surface area is 166 Å². The van der Waals surface area contributed by atoms with Crippen LogP contribution < -0.4 is 9.75 Å². The van der Waals surface area contributed by atoms with Crippen molar-refractivity contribution in [2.24, 2.45) is 0 Å². The molecular formula is C22H17BrN2O2. The number of para-hydroxylation sites is 1. The molecule has 0 aromatic heterocycles. The number of carbonyl (C=O) groups is 1. The summed E-state index contributed by atoms with van der Waals surface area (Å²) in [7, 11) is 0. The average molecular weight is 421 g/mol. The maximum Gasteiger partial charge on any atom is 0.276 e. The summed E-state index contributed by atoms with van der Waals surface area (Å²) in [4.78, 5) is 13.3. The second kappa shape index (κ2) is 6.43. The molecule has 4 nitrogen and oxygen atoms in total. The van der Waals surface area contributed by atoms with E-state index >= 15 is 0 Å². The van der Waals surface area contributed by atoms with Crippen molar-refractivity contribution in [3.05, 3.63) is 94.5 Å². The molecule has 2 bridgehead atoms. The van der Waals surface area contributed by atoms with E-state index in [2.05, 4.69) is 20.9 Å². The highest BCUT2D eigenvalue weighted by Gasteiger charge is 2.50. The monoisotopic (exact) mass is 420 g/mol. The van der Waals surface area contributed by atoms with E-state index in [1.165, 1.54) is 0 Å². The molecule has 5 heteroatoms. The maximum absolute atomic E-state index is 13.3. The lowest BCUT2D eigenvalue weighted by molar-refractivity contribution is 0.0355. The lowest BCUT2D eigenvalue weighted by Gasteiger charge is -2.40. The van der Waals surface area contributed by atoms with Gasteiger partial charge in [-0.25, -0.2) is 5.01 Å². The minimum Gasteiger partial charge on any atom is -0.469 e. The Morgan fingerprint density at radius 3 is 2.33 bits per heavy atom. The van der Waals surface area contributed by atoms with Gasteiger partial charge < -0.3 is 4.74 Å². The number of rotatable bonds is 3. The maximum atomic E-state index is 13.3. The Morgan fingerprint density at radius 2 is 1.56 bits per heavy atom. The predicted octanol–water partition coefficient (Wildman–Crippen LogP) is 5.18. The van der Waals surface area contributed by atoms with Crippen LogP contribution in [0.15, 0.2) is 83.3 Å². The van der Waals surface area contributed by atoms with E-state index in [0.717, 1.165) is 27.0 Å². The van der Waals surface area contributed by atoms with Crippen LogP contribution in [0.1, 0.15) is 28.4 Å². The molecule has 2 aliphatic heterocycles. The van der Waals surface area contributed by atoms with E-state index in [1.807, 2.05) is 78.9 Å². The van der Waals surface area contributed by atoms with Gasteiger partial charge in [0.15, 0.2) is 6.23 Å². The minimum absolute atomic E-state index is 0.0248. The van der Waals surface area contributed by atoms with Crippen LogP contribution in [0.3, 0.4) is 0 Å². The van der Waals surface area contributed by atoms with E-state index in [-0.39, 0.29) is 18.2 Å². The Kier molecular flexibility index (Phi) is 3.90. The molecule has 1 fully saturated rings. The summed E-state index contributed by atoms with van der Waals surface area (Å²) in [6, 6.07) is 25.6. The second-order valence-electron chi connectivity index (χ2n) is 6.70. The molecule has 27 heavy (non-hydrogen) atoms. The molecule has 0 N–H and O–H groups in total. The smallest absolute Gasteiger partial charge is 0.276 e. The highest BCUT2D eigenvalue weighted by Crippen LogP contribution is 2.46. The van der Waals surface area contributed by atoms with Crippen molar-refractivity contribution < 1.29 is 9.53 Å². The number of fused-ring (bicyclic) bond motifs is 4. The zero-order chi connectivity index (χ0) is 18.4. The average Bonchev–Trinajstić information content (AvgIpc) is 3.02. The SMILES string of the molecule is O=C1c2ccccc2C2C[C@@H](Oc3ccccc3)N1N2c1ccc(Br)cc1. The van der Waals surface area contributed by atoms with Gasteiger partial charge in [-0.2, -0.15) is 0 Å². The number of hydrazine groups is 1. The van der Waals surface area contributed by atoms with Crippen LogP contribution in [0.4, 0.5) is 5.69 Å². The van der Waals surface area contributed by atoms with Crippen molar-refractivity contribution in [3.8, 4) is 5.75 Å². The number of hydrogen-bond acceptors (Lipinski definition) is 3. The summed E-state index contributed by atoms with van der Waals surface area (Å²) in [5.74, 6) is 0.742. The third kappa shape index (κ3) is 2.70. The molecule has 3 aromatic carbocycles.